The van der Waals surface area contributed by atoms with E-state index in [0.717, 1.165) is 73.6 Å². The smallest absolute Gasteiger partial charge is 0.245 e. The number of piperazine rings is 1. The third-order valence-corrected chi connectivity index (χ3v) is 11.8. The zero-order chi connectivity index (χ0) is 28.6. The molecule has 3 aromatic rings. The molecule has 9 heteroatoms. The molecular formula is C32H38N4O3S2. The van der Waals surface area contributed by atoms with Crippen molar-refractivity contribution in [3.63, 3.8) is 0 Å². The Morgan fingerprint density at radius 2 is 1.73 bits per heavy atom. The van der Waals surface area contributed by atoms with Crippen molar-refractivity contribution in [1.29, 1.82) is 0 Å². The lowest BCUT2D eigenvalue weighted by atomic mass is 9.82. The van der Waals surface area contributed by atoms with Crippen LogP contribution in [0.5, 0.6) is 0 Å². The van der Waals surface area contributed by atoms with Gasteiger partial charge in [0, 0.05) is 43.3 Å². The molecule has 7 nitrogen and oxygen atoms in total. The van der Waals surface area contributed by atoms with Crippen molar-refractivity contribution in [3.05, 3.63) is 71.9 Å². The summed E-state index contributed by atoms with van der Waals surface area (Å²) in [6, 6.07) is 15.6. The van der Waals surface area contributed by atoms with Crippen LogP contribution < -0.4 is 9.80 Å². The number of sulfonamides is 1. The summed E-state index contributed by atoms with van der Waals surface area (Å²) in [5.74, 6) is 1.16. The second-order valence-electron chi connectivity index (χ2n) is 11.5. The lowest BCUT2D eigenvalue weighted by Gasteiger charge is -2.47. The van der Waals surface area contributed by atoms with Gasteiger partial charge in [0.15, 0.2) is 5.78 Å². The largest absolute Gasteiger partial charge is 0.357 e. The van der Waals surface area contributed by atoms with Gasteiger partial charge in [0.2, 0.25) is 10.0 Å². The summed E-state index contributed by atoms with van der Waals surface area (Å²) in [5, 5.41) is 0. The first kappa shape index (κ1) is 28.1. The van der Waals surface area contributed by atoms with Gasteiger partial charge in [0.1, 0.15) is 10.7 Å². The minimum Gasteiger partial charge on any atom is -0.357 e. The Morgan fingerprint density at radius 3 is 2.39 bits per heavy atom. The monoisotopic (exact) mass is 590 g/mol. The Balaban J connectivity index is 1.34. The zero-order valence-corrected chi connectivity index (χ0v) is 25.3. The Bertz CT molecular complexity index is 1510. The summed E-state index contributed by atoms with van der Waals surface area (Å²) in [4.78, 5) is 23.8. The highest BCUT2D eigenvalue weighted by molar-refractivity contribution is 7.89. The molecule has 0 amide bonds. The van der Waals surface area contributed by atoms with Crippen molar-refractivity contribution in [2.45, 2.75) is 62.8 Å². The van der Waals surface area contributed by atoms with Crippen LogP contribution >= 0.6 is 11.3 Å². The van der Waals surface area contributed by atoms with Crippen molar-refractivity contribution in [2.75, 3.05) is 36.0 Å². The number of carbonyl (C=O) groups excluding carboxylic acids is 1. The molecular weight excluding hydrogens is 553 g/mol. The van der Waals surface area contributed by atoms with E-state index in [9.17, 15) is 13.2 Å². The van der Waals surface area contributed by atoms with Crippen LogP contribution in [0.2, 0.25) is 0 Å². The SMILES string of the molecule is C=C1CN(S(=O)(=O)c2ccc(N3CCCC3)nc2)C[C@H](C2CCCCC2)N1c1cc(-c2ccccc2)sc1C(C)=O. The second kappa shape index (κ2) is 11.7. The Hall–Kier alpha value is -3.01. The standard InChI is InChI=1S/C32H38N4O3S2/c1-23-21-35(41(38,39)27-15-16-31(33-20-27)34-17-9-10-18-34)22-29(25-11-5-3-6-12-25)36(23)28-19-30(40-32(28)24(2)37)26-13-7-4-8-14-26/h4,7-8,13-16,19-20,25,29H,1,3,5-6,9-12,17-18,21-22H2,2H3/t29-/m1/s1. The number of pyridine rings is 1. The van der Waals surface area contributed by atoms with E-state index in [-0.39, 0.29) is 23.3 Å². The van der Waals surface area contributed by atoms with Gasteiger partial charge in [-0.05, 0) is 55.4 Å². The number of ketones is 1. The molecule has 1 saturated carbocycles. The highest BCUT2D eigenvalue weighted by Crippen LogP contribution is 2.43. The molecule has 41 heavy (non-hydrogen) atoms. The Labute approximate surface area is 247 Å². The number of Topliss-reactive ketones (excluding diaryl/α,β-unsaturated/α-hetero) is 1. The molecule has 216 valence electrons. The van der Waals surface area contributed by atoms with Gasteiger partial charge in [0.05, 0.1) is 23.2 Å². The van der Waals surface area contributed by atoms with E-state index < -0.39 is 10.0 Å². The van der Waals surface area contributed by atoms with Gasteiger partial charge in [-0.25, -0.2) is 13.4 Å². The third-order valence-electron chi connectivity index (χ3n) is 8.75. The van der Waals surface area contributed by atoms with Crippen LogP contribution in [-0.2, 0) is 10.0 Å². The molecule has 1 atom stereocenters. The van der Waals surface area contributed by atoms with Gasteiger partial charge < -0.3 is 9.80 Å². The number of anilines is 2. The molecule has 2 aromatic heterocycles. The highest BCUT2D eigenvalue weighted by atomic mass is 32.2. The minimum atomic E-state index is -3.78. The molecule has 0 bridgehead atoms. The van der Waals surface area contributed by atoms with Crippen LogP contribution in [0.4, 0.5) is 11.5 Å². The van der Waals surface area contributed by atoms with E-state index in [1.807, 2.05) is 24.3 Å². The number of hydrogen-bond donors (Lipinski definition) is 0. The van der Waals surface area contributed by atoms with Crippen molar-refractivity contribution >= 4 is 38.6 Å². The maximum Gasteiger partial charge on any atom is 0.245 e. The van der Waals surface area contributed by atoms with Gasteiger partial charge in [-0.3, -0.25) is 4.79 Å². The first-order valence-electron chi connectivity index (χ1n) is 14.7. The van der Waals surface area contributed by atoms with E-state index in [0.29, 0.717) is 23.0 Å². The number of rotatable bonds is 7. The van der Waals surface area contributed by atoms with Crippen LogP contribution in [0.25, 0.3) is 10.4 Å². The van der Waals surface area contributed by atoms with E-state index in [1.165, 1.54) is 24.0 Å². The van der Waals surface area contributed by atoms with Crippen LogP contribution in [0.15, 0.2) is 71.9 Å². The molecule has 0 radical (unpaired) electrons. The Morgan fingerprint density at radius 1 is 1.00 bits per heavy atom. The van der Waals surface area contributed by atoms with Crippen LogP contribution in [-0.4, -0.2) is 55.7 Å². The van der Waals surface area contributed by atoms with Gasteiger partial charge >= 0.3 is 0 Å². The molecule has 2 aliphatic heterocycles. The lowest BCUT2D eigenvalue weighted by molar-refractivity contribution is 0.102. The van der Waals surface area contributed by atoms with Crippen molar-refractivity contribution in [3.8, 4) is 10.4 Å². The number of aromatic nitrogens is 1. The number of thiophene rings is 1. The fourth-order valence-corrected chi connectivity index (χ4v) is 9.09. The molecule has 6 rings (SSSR count). The predicted molar refractivity (Wildman–Crippen MR) is 166 cm³/mol. The van der Waals surface area contributed by atoms with E-state index in [2.05, 4.69) is 39.6 Å². The molecule has 2 saturated heterocycles. The predicted octanol–water partition coefficient (Wildman–Crippen LogP) is 6.59. The normalized spacial score (nSPS) is 21.0. The molecule has 0 spiro atoms. The van der Waals surface area contributed by atoms with E-state index in [1.54, 1.807) is 17.3 Å². The first-order chi connectivity index (χ1) is 19.8. The van der Waals surface area contributed by atoms with Crippen molar-refractivity contribution in [2.24, 2.45) is 5.92 Å². The summed E-state index contributed by atoms with van der Waals surface area (Å²) in [6.07, 6.45) is 9.34. The summed E-state index contributed by atoms with van der Waals surface area (Å²) in [7, 11) is -3.78. The molecule has 0 unspecified atom stereocenters. The number of hydrogen-bond acceptors (Lipinski definition) is 7. The molecule has 0 N–H and O–H groups in total. The molecule has 3 aliphatic rings. The average Bonchev–Trinajstić information content (AvgIpc) is 3.69. The lowest BCUT2D eigenvalue weighted by Crippen LogP contribution is -2.56. The molecule has 1 aromatic carbocycles. The number of nitrogens with zero attached hydrogens (tertiary/aromatic N) is 4. The van der Waals surface area contributed by atoms with Gasteiger partial charge in [0.25, 0.3) is 0 Å². The van der Waals surface area contributed by atoms with Crippen molar-refractivity contribution < 1.29 is 13.2 Å². The summed E-state index contributed by atoms with van der Waals surface area (Å²) in [5.41, 5.74) is 2.63. The first-order valence-corrected chi connectivity index (χ1v) is 17.0. The van der Waals surface area contributed by atoms with E-state index in [4.69, 9.17) is 0 Å². The van der Waals surface area contributed by atoms with E-state index >= 15 is 0 Å². The maximum atomic E-state index is 14.0. The fraction of sp³-hybridized carbons (Fsp3) is 0.438. The minimum absolute atomic E-state index is 0.0154. The summed E-state index contributed by atoms with van der Waals surface area (Å²) >= 11 is 1.50. The fourth-order valence-electron chi connectivity index (χ4n) is 6.64. The molecule has 1 aliphatic carbocycles. The van der Waals surface area contributed by atoms with Gasteiger partial charge in [-0.1, -0.05) is 56.2 Å². The van der Waals surface area contributed by atoms with Crippen LogP contribution in [0.1, 0.15) is 61.5 Å². The van der Waals surface area contributed by atoms with Crippen LogP contribution in [0, 0.1) is 5.92 Å². The highest BCUT2D eigenvalue weighted by Gasteiger charge is 2.41. The van der Waals surface area contributed by atoms with Crippen LogP contribution in [0.3, 0.4) is 0 Å². The summed E-state index contributed by atoms with van der Waals surface area (Å²) in [6.45, 7) is 8.47. The van der Waals surface area contributed by atoms with Gasteiger partial charge in [-0.2, -0.15) is 4.31 Å². The molecule has 3 fully saturated rings. The average molecular weight is 591 g/mol. The third kappa shape index (κ3) is 5.59. The number of benzene rings is 1. The quantitative estimate of drug-likeness (QED) is 0.289. The zero-order valence-electron chi connectivity index (χ0n) is 23.7. The second-order valence-corrected chi connectivity index (χ2v) is 14.5. The number of carbonyl (C=O) groups is 1. The molecule has 4 heterocycles. The van der Waals surface area contributed by atoms with Gasteiger partial charge in [-0.15, -0.1) is 11.3 Å². The summed E-state index contributed by atoms with van der Waals surface area (Å²) < 4.78 is 29.5. The van der Waals surface area contributed by atoms with Crippen molar-refractivity contribution in [1.82, 2.24) is 9.29 Å². The topological polar surface area (TPSA) is 73.8 Å². The maximum absolute atomic E-state index is 14.0. The Kier molecular flexibility index (Phi) is 8.03.